The van der Waals surface area contributed by atoms with Gasteiger partial charge in [-0.15, -0.1) is 12.4 Å². The minimum absolute atomic E-state index is 0. The first kappa shape index (κ1) is 18.8. The molecular formula is C17H22Cl2N4O. The van der Waals surface area contributed by atoms with Crippen LogP contribution in [0.3, 0.4) is 0 Å². The van der Waals surface area contributed by atoms with Crippen LogP contribution in [0.4, 0.5) is 0 Å². The second-order valence-electron chi connectivity index (χ2n) is 6.14. The van der Waals surface area contributed by atoms with Gasteiger partial charge < -0.3 is 10.2 Å². The van der Waals surface area contributed by atoms with Crippen LogP contribution in [0.15, 0.2) is 36.7 Å². The molecule has 7 heteroatoms. The van der Waals surface area contributed by atoms with Crippen molar-refractivity contribution in [3.8, 4) is 0 Å². The normalized spacial score (nSPS) is 19.8. The molecule has 2 heterocycles. The van der Waals surface area contributed by atoms with Crippen molar-refractivity contribution < 1.29 is 4.79 Å². The number of carbonyl (C=O) groups is 1. The fraction of sp³-hybridized carbons (Fsp3) is 0.412. The zero-order chi connectivity index (χ0) is 16.4. The average molecular weight is 369 g/mol. The van der Waals surface area contributed by atoms with Crippen LogP contribution >= 0.6 is 24.0 Å². The molecule has 0 aliphatic carbocycles. The van der Waals surface area contributed by atoms with Gasteiger partial charge in [0.15, 0.2) is 0 Å². The lowest BCUT2D eigenvalue weighted by atomic mass is 9.90. The molecule has 1 aromatic carbocycles. The Bertz CT molecular complexity index is 686. The van der Waals surface area contributed by atoms with Crippen molar-refractivity contribution in [3.63, 3.8) is 0 Å². The van der Waals surface area contributed by atoms with Crippen LogP contribution < -0.4 is 5.32 Å². The van der Waals surface area contributed by atoms with E-state index in [0.29, 0.717) is 18.1 Å². The topological polar surface area (TPSA) is 50.2 Å². The Morgan fingerprint density at radius 1 is 1.38 bits per heavy atom. The molecule has 1 aliphatic rings. The minimum atomic E-state index is -0.0449. The zero-order valence-electron chi connectivity index (χ0n) is 13.8. The number of carbonyl (C=O) groups excluding carboxylic acids is 1. The molecule has 3 rings (SSSR count). The van der Waals surface area contributed by atoms with Crippen molar-refractivity contribution in [3.05, 3.63) is 52.8 Å². The van der Waals surface area contributed by atoms with E-state index < -0.39 is 0 Å². The van der Waals surface area contributed by atoms with E-state index in [9.17, 15) is 4.79 Å². The molecule has 1 fully saturated rings. The SMILES string of the molecule is CN(Cc1ccc(Cl)cc1)C(=O)[C@H]1CNC[C@@H]1c1cnn(C)c1.Cl. The third-order valence-electron chi connectivity index (χ3n) is 4.39. The molecule has 0 radical (unpaired) electrons. The zero-order valence-corrected chi connectivity index (χ0v) is 15.3. The van der Waals surface area contributed by atoms with Gasteiger partial charge in [0.25, 0.3) is 0 Å². The second kappa shape index (κ2) is 8.01. The van der Waals surface area contributed by atoms with Gasteiger partial charge in [-0.2, -0.15) is 5.10 Å². The third-order valence-corrected chi connectivity index (χ3v) is 4.65. The third kappa shape index (κ3) is 4.09. The standard InChI is InChI=1S/C17H21ClN4O.ClH/c1-21(10-12-3-5-14(18)6-4-12)17(23)16-9-19-8-15(16)13-7-20-22(2)11-13;/h3-7,11,15-16,19H,8-10H2,1-2H3;1H/t15-,16+;/m1./s1. The molecule has 1 N–H and O–H groups in total. The Hall–Kier alpha value is -1.56. The molecule has 1 amide bonds. The summed E-state index contributed by atoms with van der Waals surface area (Å²) >= 11 is 5.91. The molecule has 1 saturated heterocycles. The van der Waals surface area contributed by atoms with Gasteiger partial charge in [0, 0.05) is 50.9 Å². The monoisotopic (exact) mass is 368 g/mol. The van der Waals surface area contributed by atoms with E-state index in [1.165, 1.54) is 0 Å². The second-order valence-corrected chi connectivity index (χ2v) is 6.58. The number of hydrogen-bond acceptors (Lipinski definition) is 3. The molecule has 130 valence electrons. The van der Waals surface area contributed by atoms with Gasteiger partial charge in [0.2, 0.25) is 5.91 Å². The van der Waals surface area contributed by atoms with Gasteiger partial charge >= 0.3 is 0 Å². The summed E-state index contributed by atoms with van der Waals surface area (Å²) in [4.78, 5) is 14.6. The maximum absolute atomic E-state index is 12.8. The van der Waals surface area contributed by atoms with Crippen LogP contribution in [0.2, 0.25) is 5.02 Å². The summed E-state index contributed by atoms with van der Waals surface area (Å²) in [5.74, 6) is 0.305. The maximum Gasteiger partial charge on any atom is 0.227 e. The Balaban J connectivity index is 0.00000208. The molecule has 0 spiro atoms. The van der Waals surface area contributed by atoms with E-state index in [0.717, 1.165) is 17.7 Å². The highest BCUT2D eigenvalue weighted by molar-refractivity contribution is 6.30. The number of benzene rings is 1. The molecule has 0 bridgehead atoms. The van der Waals surface area contributed by atoms with Crippen molar-refractivity contribution in [2.75, 3.05) is 20.1 Å². The fourth-order valence-electron chi connectivity index (χ4n) is 3.14. The van der Waals surface area contributed by atoms with Gasteiger partial charge in [0.1, 0.15) is 0 Å². The van der Waals surface area contributed by atoms with E-state index >= 15 is 0 Å². The van der Waals surface area contributed by atoms with E-state index in [1.807, 2.05) is 50.8 Å². The highest BCUT2D eigenvalue weighted by Crippen LogP contribution is 2.29. The molecule has 1 aliphatic heterocycles. The lowest BCUT2D eigenvalue weighted by Crippen LogP contribution is -2.35. The number of rotatable bonds is 4. The molecule has 2 atom stereocenters. The van der Waals surface area contributed by atoms with Crippen LogP contribution in [-0.2, 0) is 18.4 Å². The predicted octanol–water partition coefficient (Wildman–Crippen LogP) is 2.46. The largest absolute Gasteiger partial charge is 0.341 e. The molecular weight excluding hydrogens is 347 g/mol. The smallest absolute Gasteiger partial charge is 0.227 e. The summed E-state index contributed by atoms with van der Waals surface area (Å²) in [6.07, 6.45) is 3.86. The Morgan fingerprint density at radius 2 is 2.08 bits per heavy atom. The lowest BCUT2D eigenvalue weighted by molar-refractivity contribution is -0.134. The van der Waals surface area contributed by atoms with Gasteiger partial charge in [0.05, 0.1) is 12.1 Å². The van der Waals surface area contributed by atoms with E-state index in [-0.39, 0.29) is 30.2 Å². The molecule has 0 unspecified atom stereocenters. The molecule has 24 heavy (non-hydrogen) atoms. The number of aryl methyl sites for hydroxylation is 1. The summed E-state index contributed by atoms with van der Waals surface area (Å²) in [5, 5.41) is 8.27. The van der Waals surface area contributed by atoms with Crippen molar-refractivity contribution in [1.29, 1.82) is 0 Å². The molecule has 0 saturated carbocycles. The van der Waals surface area contributed by atoms with Crippen LogP contribution in [0, 0.1) is 5.92 Å². The van der Waals surface area contributed by atoms with Crippen LogP contribution in [-0.4, -0.2) is 40.7 Å². The molecule has 1 aromatic heterocycles. The number of aromatic nitrogens is 2. The van der Waals surface area contributed by atoms with Crippen molar-refractivity contribution >= 4 is 29.9 Å². The summed E-state index contributed by atoms with van der Waals surface area (Å²) in [5.41, 5.74) is 2.20. The van der Waals surface area contributed by atoms with Gasteiger partial charge in [-0.25, -0.2) is 0 Å². The summed E-state index contributed by atoms with van der Waals surface area (Å²) in [6, 6.07) is 7.62. The van der Waals surface area contributed by atoms with Gasteiger partial charge in [-0.1, -0.05) is 23.7 Å². The summed E-state index contributed by atoms with van der Waals surface area (Å²) < 4.78 is 1.78. The highest BCUT2D eigenvalue weighted by atomic mass is 35.5. The minimum Gasteiger partial charge on any atom is -0.341 e. The van der Waals surface area contributed by atoms with Crippen molar-refractivity contribution in [2.45, 2.75) is 12.5 Å². The van der Waals surface area contributed by atoms with Gasteiger partial charge in [-0.3, -0.25) is 9.48 Å². The van der Waals surface area contributed by atoms with Gasteiger partial charge in [-0.05, 0) is 23.3 Å². The Labute approximate surface area is 153 Å². The first-order chi connectivity index (χ1) is 11.0. The summed E-state index contributed by atoms with van der Waals surface area (Å²) in [7, 11) is 3.75. The maximum atomic E-state index is 12.8. The number of nitrogens with one attached hydrogen (secondary N) is 1. The predicted molar refractivity (Wildman–Crippen MR) is 97.5 cm³/mol. The van der Waals surface area contributed by atoms with E-state index in [1.54, 1.807) is 9.58 Å². The van der Waals surface area contributed by atoms with Crippen LogP contribution in [0.1, 0.15) is 17.0 Å². The summed E-state index contributed by atoms with van der Waals surface area (Å²) in [6.45, 7) is 2.12. The quantitative estimate of drug-likeness (QED) is 0.901. The molecule has 5 nitrogen and oxygen atoms in total. The van der Waals surface area contributed by atoms with E-state index in [2.05, 4.69) is 10.4 Å². The average Bonchev–Trinajstić information content (AvgIpc) is 3.17. The number of amides is 1. The lowest BCUT2D eigenvalue weighted by Gasteiger charge is -2.24. The number of halogens is 2. The number of nitrogens with zero attached hydrogens (tertiary/aromatic N) is 3. The van der Waals surface area contributed by atoms with E-state index in [4.69, 9.17) is 11.6 Å². The van der Waals surface area contributed by atoms with Crippen molar-refractivity contribution in [2.24, 2.45) is 13.0 Å². The Morgan fingerprint density at radius 3 is 2.71 bits per heavy atom. The van der Waals surface area contributed by atoms with Crippen LogP contribution in [0.25, 0.3) is 0 Å². The van der Waals surface area contributed by atoms with Crippen LogP contribution in [0.5, 0.6) is 0 Å². The first-order valence-electron chi connectivity index (χ1n) is 7.73. The number of hydrogen-bond donors (Lipinski definition) is 1. The van der Waals surface area contributed by atoms with Crippen molar-refractivity contribution in [1.82, 2.24) is 20.0 Å². The first-order valence-corrected chi connectivity index (χ1v) is 8.11. The Kier molecular flexibility index (Phi) is 6.27. The fourth-order valence-corrected chi connectivity index (χ4v) is 3.27. The molecule has 2 aromatic rings. The highest BCUT2D eigenvalue weighted by Gasteiger charge is 2.36.